The van der Waals surface area contributed by atoms with Crippen molar-refractivity contribution in [3.05, 3.63) is 72.9 Å². The Morgan fingerprint density at radius 1 is 0.878 bits per heavy atom. The van der Waals surface area contributed by atoms with Crippen LogP contribution in [0.3, 0.4) is 0 Å². The van der Waals surface area contributed by atoms with Crippen molar-refractivity contribution >= 4 is 5.97 Å². The number of methoxy groups -OCH3 is 1. The minimum absolute atomic E-state index is 0.223. The second kappa shape index (κ2) is 19.7. The van der Waals surface area contributed by atoms with Crippen LogP contribution in [0, 0.1) is 0 Å². The first-order valence-corrected chi connectivity index (χ1v) is 14.1. The van der Waals surface area contributed by atoms with E-state index in [1.165, 1.54) is 6.08 Å². The van der Waals surface area contributed by atoms with E-state index in [2.05, 4.69) is 0 Å². The topological polar surface area (TPSA) is 155 Å². The molecule has 41 heavy (non-hydrogen) atoms. The summed E-state index contributed by atoms with van der Waals surface area (Å²) in [5, 5.41) is 50.4. The molecule has 0 bridgehead atoms. The maximum Gasteiger partial charge on any atom is 0.331 e. The molecule has 2 aliphatic heterocycles. The molecule has 1 saturated heterocycles. The molecule has 230 valence electrons. The van der Waals surface area contributed by atoms with Gasteiger partial charge in [-0.2, -0.15) is 0 Å². The molecule has 10 nitrogen and oxygen atoms in total. The molecule has 2 aliphatic rings. The lowest BCUT2D eigenvalue weighted by Gasteiger charge is -2.40. The van der Waals surface area contributed by atoms with Crippen LogP contribution in [0.1, 0.15) is 45.4 Å². The van der Waals surface area contributed by atoms with Gasteiger partial charge in [0, 0.05) is 19.6 Å². The molecule has 0 aliphatic carbocycles. The summed E-state index contributed by atoms with van der Waals surface area (Å²) < 4.78 is 22.2. The van der Waals surface area contributed by atoms with Gasteiger partial charge < -0.3 is 44.5 Å². The van der Waals surface area contributed by atoms with E-state index >= 15 is 0 Å². The Morgan fingerprint density at radius 2 is 1.56 bits per heavy atom. The van der Waals surface area contributed by atoms with Crippen molar-refractivity contribution in [1.82, 2.24) is 0 Å². The zero-order chi connectivity index (χ0) is 30.0. The van der Waals surface area contributed by atoms with E-state index in [0.717, 1.165) is 19.3 Å². The maximum atomic E-state index is 12.1. The molecule has 10 heteroatoms. The minimum atomic E-state index is -1.56. The molecule has 0 unspecified atom stereocenters. The van der Waals surface area contributed by atoms with Gasteiger partial charge in [0.25, 0.3) is 0 Å². The van der Waals surface area contributed by atoms with Crippen molar-refractivity contribution in [1.29, 1.82) is 0 Å². The highest BCUT2D eigenvalue weighted by atomic mass is 16.7. The van der Waals surface area contributed by atoms with Gasteiger partial charge in [0.05, 0.1) is 31.0 Å². The van der Waals surface area contributed by atoms with Crippen LogP contribution in [0.5, 0.6) is 0 Å². The Balaban J connectivity index is 2.14. The smallest absolute Gasteiger partial charge is 0.331 e. The second-order valence-corrected chi connectivity index (χ2v) is 10.1. The number of ether oxygens (including phenoxy) is 4. The molecule has 9 atom stereocenters. The van der Waals surface area contributed by atoms with Crippen LogP contribution in [-0.4, -0.2) is 100 Å². The van der Waals surface area contributed by atoms with Crippen LogP contribution < -0.4 is 0 Å². The summed E-state index contributed by atoms with van der Waals surface area (Å²) in [5.74, 6) is -0.443. The predicted octanol–water partition coefficient (Wildman–Crippen LogP) is 2.17. The van der Waals surface area contributed by atoms with E-state index in [0.29, 0.717) is 19.3 Å². The Morgan fingerprint density at radius 3 is 2.29 bits per heavy atom. The average Bonchev–Trinajstić information content (AvgIpc) is 2.94. The standard InChI is InChI=1S/C31H46O10/c1-22-14-8-4-3-5-10-18-25(38-2)20-23(33)15-9-6-11-16-24(17-12-7-13-19-27(34)39-22)40-31-30(37)29(36)28(35)26(21-32)41-31/h3,5-7,9-13,16,18-19,22-26,28-33,35-37H,4,8,14-15,17,20-21H2,1-2H3/b5-3+,9-6-,12-7+,16-11+,18-10?,19-13-/t22-,23+,24-,25+,26+,28+,29-,30+,31+/m1/s1. The zero-order valence-electron chi connectivity index (χ0n) is 23.9. The summed E-state index contributed by atoms with van der Waals surface area (Å²) >= 11 is 0. The molecule has 0 aromatic heterocycles. The molecule has 2 rings (SSSR count). The predicted molar refractivity (Wildman–Crippen MR) is 154 cm³/mol. The number of aliphatic hydroxyl groups excluding tert-OH is 5. The fourth-order valence-electron chi connectivity index (χ4n) is 4.26. The van der Waals surface area contributed by atoms with Gasteiger partial charge in [-0.15, -0.1) is 0 Å². The molecule has 0 spiro atoms. The summed E-state index contributed by atoms with van der Waals surface area (Å²) in [7, 11) is 1.60. The molecule has 0 aromatic carbocycles. The Kier molecular flexibility index (Phi) is 16.7. The van der Waals surface area contributed by atoms with E-state index in [9.17, 15) is 30.3 Å². The van der Waals surface area contributed by atoms with Gasteiger partial charge in [0.15, 0.2) is 6.29 Å². The summed E-state index contributed by atoms with van der Waals surface area (Å²) in [5.41, 5.74) is 0. The van der Waals surface area contributed by atoms with Gasteiger partial charge in [-0.05, 0) is 39.0 Å². The largest absolute Gasteiger partial charge is 0.460 e. The van der Waals surface area contributed by atoms with Gasteiger partial charge in [-0.3, -0.25) is 0 Å². The van der Waals surface area contributed by atoms with Crippen molar-refractivity contribution < 1.29 is 49.3 Å². The number of rotatable bonds is 4. The molecule has 1 fully saturated rings. The second-order valence-electron chi connectivity index (χ2n) is 10.1. The van der Waals surface area contributed by atoms with Crippen LogP contribution in [0.4, 0.5) is 0 Å². The van der Waals surface area contributed by atoms with Crippen LogP contribution in [0.15, 0.2) is 72.9 Å². The van der Waals surface area contributed by atoms with E-state index in [1.807, 2.05) is 37.3 Å². The summed E-state index contributed by atoms with van der Waals surface area (Å²) in [6, 6.07) is 0. The number of carbonyl (C=O) groups is 1. The van der Waals surface area contributed by atoms with Crippen LogP contribution in [0.2, 0.25) is 0 Å². The van der Waals surface area contributed by atoms with Crippen LogP contribution in [0.25, 0.3) is 0 Å². The average molecular weight is 579 g/mol. The van der Waals surface area contributed by atoms with Crippen molar-refractivity contribution in [3.63, 3.8) is 0 Å². The number of hydrogen-bond donors (Lipinski definition) is 5. The fraction of sp³-hybridized carbons (Fsp3) is 0.581. The monoisotopic (exact) mass is 578 g/mol. The first-order chi connectivity index (χ1) is 19.7. The normalized spacial score (nSPS) is 39.1. The fourth-order valence-corrected chi connectivity index (χ4v) is 4.26. The Hall–Kier alpha value is -2.41. The number of carbonyl (C=O) groups excluding carboxylic acids is 1. The molecule has 5 N–H and O–H groups in total. The van der Waals surface area contributed by atoms with Crippen LogP contribution in [-0.2, 0) is 23.7 Å². The lowest BCUT2D eigenvalue weighted by Crippen LogP contribution is -2.59. The summed E-state index contributed by atoms with van der Waals surface area (Å²) in [6.07, 6.45) is 16.0. The van der Waals surface area contributed by atoms with E-state index in [1.54, 1.807) is 43.6 Å². The summed E-state index contributed by atoms with van der Waals surface area (Å²) in [4.78, 5) is 12.1. The van der Waals surface area contributed by atoms with Crippen molar-refractivity contribution in [2.45, 2.75) is 101 Å². The highest BCUT2D eigenvalue weighted by Gasteiger charge is 2.44. The third-order valence-electron chi connectivity index (χ3n) is 6.67. The highest BCUT2D eigenvalue weighted by Crippen LogP contribution is 2.24. The van der Waals surface area contributed by atoms with Gasteiger partial charge in [-0.1, -0.05) is 66.8 Å². The SMILES string of the molecule is CO[C@H]1C=C/C=C/CCC[C@@H](C)OC(=O)/C=C\C=C\C[C@H](O[C@H]2O[C@@H](CO)[C@H](O)[C@@H](O)[C@@H]2O)/C=C/C=C\C[C@H](O)C1. The number of allylic oxidation sites excluding steroid dienone is 7. The number of hydrogen-bond acceptors (Lipinski definition) is 10. The lowest BCUT2D eigenvalue weighted by atomic mass is 9.99. The van der Waals surface area contributed by atoms with Crippen LogP contribution >= 0.6 is 0 Å². The molecular weight excluding hydrogens is 532 g/mol. The zero-order valence-corrected chi connectivity index (χ0v) is 23.9. The van der Waals surface area contributed by atoms with E-state index in [-0.39, 0.29) is 12.2 Å². The van der Waals surface area contributed by atoms with Crippen molar-refractivity contribution in [3.8, 4) is 0 Å². The minimum Gasteiger partial charge on any atom is -0.460 e. The lowest BCUT2D eigenvalue weighted by molar-refractivity contribution is -0.307. The molecule has 0 amide bonds. The van der Waals surface area contributed by atoms with Gasteiger partial charge >= 0.3 is 5.97 Å². The van der Waals surface area contributed by atoms with Gasteiger partial charge in [0.2, 0.25) is 0 Å². The third-order valence-corrected chi connectivity index (χ3v) is 6.67. The first-order valence-electron chi connectivity index (χ1n) is 14.1. The Bertz CT molecular complexity index is 922. The number of aliphatic hydroxyl groups is 5. The number of esters is 1. The van der Waals surface area contributed by atoms with E-state index < -0.39 is 55.5 Å². The molecule has 2 heterocycles. The molecule has 0 saturated carbocycles. The van der Waals surface area contributed by atoms with Crippen molar-refractivity contribution in [2.24, 2.45) is 0 Å². The molecule has 0 aromatic rings. The van der Waals surface area contributed by atoms with Crippen molar-refractivity contribution in [2.75, 3.05) is 13.7 Å². The Labute approximate surface area is 242 Å². The maximum absolute atomic E-state index is 12.1. The number of cyclic esters (lactones) is 1. The molecule has 0 radical (unpaired) electrons. The quantitative estimate of drug-likeness (QED) is 0.314. The summed E-state index contributed by atoms with van der Waals surface area (Å²) in [6.45, 7) is 1.29. The highest BCUT2D eigenvalue weighted by molar-refractivity contribution is 5.82. The first kappa shape index (κ1) is 34.8. The van der Waals surface area contributed by atoms with E-state index in [4.69, 9.17) is 18.9 Å². The van der Waals surface area contributed by atoms with Gasteiger partial charge in [-0.25, -0.2) is 4.79 Å². The molecular formula is C31H46O10. The van der Waals surface area contributed by atoms with Gasteiger partial charge in [0.1, 0.15) is 24.4 Å². The third kappa shape index (κ3) is 13.4.